The van der Waals surface area contributed by atoms with Gasteiger partial charge >= 0.3 is 5.82 Å². The summed E-state index contributed by atoms with van der Waals surface area (Å²) >= 11 is 30.0. The number of aromatic nitrogens is 1. The van der Waals surface area contributed by atoms with Gasteiger partial charge < -0.3 is 10.1 Å². The Labute approximate surface area is 138 Å². The first-order valence-electron chi connectivity index (χ1n) is 4.96. The molecule has 0 radical (unpaired) electrons. The van der Waals surface area contributed by atoms with Crippen molar-refractivity contribution in [2.75, 3.05) is 0 Å². The van der Waals surface area contributed by atoms with Crippen LogP contribution < -0.4 is 0 Å². The van der Waals surface area contributed by atoms with Gasteiger partial charge in [0.05, 0.1) is 25.1 Å². The highest BCUT2D eigenvalue weighted by Crippen LogP contribution is 2.48. The third kappa shape index (κ3) is 2.67. The Morgan fingerprint density at radius 1 is 0.900 bits per heavy atom. The second kappa shape index (κ2) is 5.92. The SMILES string of the molecule is O=[N+]([O-])c1ccc(-c2c(Cl)c(Cl)c(Cl)c(Cl)c2Cl)cn1. The maximum atomic E-state index is 10.6. The zero-order chi connectivity index (χ0) is 15.0. The Balaban J connectivity index is 2.67. The predicted octanol–water partition coefficient (Wildman–Crippen LogP) is 5.92. The first kappa shape index (κ1) is 15.6. The van der Waals surface area contributed by atoms with Gasteiger partial charge in [-0.05, 0) is 16.0 Å². The summed E-state index contributed by atoms with van der Waals surface area (Å²) in [5, 5.41) is 10.9. The van der Waals surface area contributed by atoms with Crippen LogP contribution in [0.25, 0.3) is 11.1 Å². The van der Waals surface area contributed by atoms with Gasteiger partial charge in [-0.2, -0.15) is 0 Å². The van der Waals surface area contributed by atoms with E-state index in [4.69, 9.17) is 58.0 Å². The zero-order valence-electron chi connectivity index (χ0n) is 9.33. The monoisotopic (exact) mass is 370 g/mol. The van der Waals surface area contributed by atoms with E-state index in [1.54, 1.807) is 0 Å². The molecule has 0 aliphatic carbocycles. The third-order valence-corrected chi connectivity index (χ3v) is 4.71. The second-order valence-electron chi connectivity index (χ2n) is 3.61. The molecule has 2 aromatic rings. The van der Waals surface area contributed by atoms with Crippen LogP contribution in [0, 0.1) is 10.1 Å². The van der Waals surface area contributed by atoms with Gasteiger partial charge in [0.25, 0.3) is 0 Å². The van der Waals surface area contributed by atoms with Crippen molar-refractivity contribution in [1.82, 2.24) is 4.98 Å². The van der Waals surface area contributed by atoms with E-state index in [9.17, 15) is 10.1 Å². The van der Waals surface area contributed by atoms with Crippen molar-refractivity contribution in [1.29, 1.82) is 0 Å². The molecule has 0 saturated carbocycles. The molecule has 0 saturated heterocycles. The van der Waals surface area contributed by atoms with Gasteiger partial charge in [-0.1, -0.05) is 58.0 Å². The molecule has 1 aromatic heterocycles. The van der Waals surface area contributed by atoms with Gasteiger partial charge in [0, 0.05) is 17.2 Å². The number of nitrogens with zero attached hydrogens (tertiary/aromatic N) is 2. The van der Waals surface area contributed by atoms with Crippen LogP contribution in [0.3, 0.4) is 0 Å². The van der Waals surface area contributed by atoms with Gasteiger partial charge in [-0.3, -0.25) is 0 Å². The molecule has 1 aromatic carbocycles. The Hall–Kier alpha value is -0.780. The number of nitro groups is 1. The van der Waals surface area contributed by atoms with Gasteiger partial charge in [0.2, 0.25) is 0 Å². The smallest absolute Gasteiger partial charge is 0.358 e. The molecule has 0 aliphatic rings. The lowest BCUT2D eigenvalue weighted by molar-refractivity contribution is -0.389. The molecule has 0 amide bonds. The van der Waals surface area contributed by atoms with E-state index in [2.05, 4.69) is 4.98 Å². The average molecular weight is 372 g/mol. The summed E-state index contributed by atoms with van der Waals surface area (Å²) in [6.07, 6.45) is 1.26. The molecule has 0 fully saturated rings. The van der Waals surface area contributed by atoms with Crippen LogP contribution in [0.5, 0.6) is 0 Å². The highest BCUT2D eigenvalue weighted by atomic mass is 35.5. The van der Waals surface area contributed by atoms with E-state index in [1.807, 2.05) is 0 Å². The molecule has 104 valence electrons. The minimum Gasteiger partial charge on any atom is -0.358 e. The number of benzene rings is 1. The Kier molecular flexibility index (Phi) is 4.62. The van der Waals surface area contributed by atoms with Crippen LogP contribution in [0.2, 0.25) is 25.1 Å². The van der Waals surface area contributed by atoms with Crippen molar-refractivity contribution in [3.05, 3.63) is 53.6 Å². The van der Waals surface area contributed by atoms with E-state index >= 15 is 0 Å². The molecular formula is C11H3Cl5N2O2. The second-order valence-corrected chi connectivity index (χ2v) is 5.50. The molecule has 9 heteroatoms. The van der Waals surface area contributed by atoms with Gasteiger partial charge in [-0.15, -0.1) is 0 Å². The summed E-state index contributed by atoms with van der Waals surface area (Å²) in [5.74, 6) is -0.299. The average Bonchev–Trinajstić information content (AvgIpc) is 2.44. The van der Waals surface area contributed by atoms with Gasteiger partial charge in [0.1, 0.15) is 6.20 Å². The van der Waals surface area contributed by atoms with Crippen LogP contribution in [0.1, 0.15) is 0 Å². The Morgan fingerprint density at radius 3 is 1.80 bits per heavy atom. The van der Waals surface area contributed by atoms with Crippen LogP contribution in [-0.4, -0.2) is 9.91 Å². The summed E-state index contributed by atoms with van der Waals surface area (Å²) in [5.41, 5.74) is 0.751. The summed E-state index contributed by atoms with van der Waals surface area (Å²) in [6.45, 7) is 0. The first-order chi connectivity index (χ1) is 9.34. The molecule has 0 bridgehead atoms. The summed E-state index contributed by atoms with van der Waals surface area (Å²) in [6, 6.07) is 2.66. The van der Waals surface area contributed by atoms with E-state index in [1.165, 1.54) is 18.3 Å². The van der Waals surface area contributed by atoms with Crippen molar-refractivity contribution >= 4 is 63.8 Å². The lowest BCUT2D eigenvalue weighted by atomic mass is 10.1. The van der Waals surface area contributed by atoms with Gasteiger partial charge in [-0.25, -0.2) is 0 Å². The van der Waals surface area contributed by atoms with Crippen molar-refractivity contribution in [3.8, 4) is 11.1 Å². The fourth-order valence-electron chi connectivity index (χ4n) is 1.50. The number of pyridine rings is 1. The molecule has 2 rings (SSSR count). The minimum atomic E-state index is -0.616. The number of halogens is 5. The topological polar surface area (TPSA) is 56.0 Å². The van der Waals surface area contributed by atoms with Gasteiger partial charge in [0.15, 0.2) is 0 Å². The van der Waals surface area contributed by atoms with Crippen LogP contribution in [-0.2, 0) is 0 Å². The first-order valence-corrected chi connectivity index (χ1v) is 6.85. The highest BCUT2D eigenvalue weighted by Gasteiger charge is 2.21. The zero-order valence-corrected chi connectivity index (χ0v) is 13.1. The van der Waals surface area contributed by atoms with Crippen molar-refractivity contribution in [3.63, 3.8) is 0 Å². The predicted molar refractivity (Wildman–Crippen MR) is 81.4 cm³/mol. The van der Waals surface area contributed by atoms with Crippen molar-refractivity contribution in [2.24, 2.45) is 0 Å². The molecule has 0 atom stereocenters. The third-order valence-electron chi connectivity index (χ3n) is 2.43. The quantitative estimate of drug-likeness (QED) is 0.284. The number of rotatable bonds is 2. The molecule has 0 spiro atoms. The molecule has 1 heterocycles. The number of hydrogen-bond donors (Lipinski definition) is 0. The normalized spacial score (nSPS) is 10.7. The van der Waals surface area contributed by atoms with Crippen LogP contribution >= 0.6 is 58.0 Å². The maximum absolute atomic E-state index is 10.6. The lowest BCUT2D eigenvalue weighted by Gasteiger charge is -2.11. The molecule has 0 unspecified atom stereocenters. The highest BCUT2D eigenvalue weighted by molar-refractivity contribution is 6.56. The largest absolute Gasteiger partial charge is 0.363 e. The van der Waals surface area contributed by atoms with E-state index in [0.29, 0.717) is 11.1 Å². The number of hydrogen-bond acceptors (Lipinski definition) is 3. The molecule has 4 nitrogen and oxygen atoms in total. The van der Waals surface area contributed by atoms with Crippen LogP contribution in [0.4, 0.5) is 5.82 Å². The van der Waals surface area contributed by atoms with E-state index < -0.39 is 4.92 Å². The summed E-state index contributed by atoms with van der Waals surface area (Å²) in [4.78, 5) is 13.6. The Bertz CT molecular complexity index is 674. The van der Waals surface area contributed by atoms with Crippen LogP contribution in [0.15, 0.2) is 18.3 Å². The fourth-order valence-corrected chi connectivity index (χ4v) is 2.86. The molecular weight excluding hydrogens is 369 g/mol. The maximum Gasteiger partial charge on any atom is 0.363 e. The van der Waals surface area contributed by atoms with E-state index in [-0.39, 0.29) is 30.9 Å². The van der Waals surface area contributed by atoms with Crippen molar-refractivity contribution in [2.45, 2.75) is 0 Å². The molecule has 0 N–H and O–H groups in total. The minimum absolute atomic E-state index is 0.0435. The summed E-state index contributed by atoms with van der Waals surface area (Å²) < 4.78 is 0. The standard InChI is InChI=1S/C11H3Cl5N2O2/c12-7-6(8(13)10(15)11(16)9(7)14)4-1-2-5(17-3-4)18(19)20/h1-3H. The van der Waals surface area contributed by atoms with Crippen molar-refractivity contribution < 1.29 is 4.92 Å². The molecule has 0 aliphatic heterocycles. The summed E-state index contributed by atoms with van der Waals surface area (Å²) in [7, 11) is 0. The Morgan fingerprint density at radius 2 is 1.40 bits per heavy atom. The lowest BCUT2D eigenvalue weighted by Crippen LogP contribution is -1.92. The van der Waals surface area contributed by atoms with E-state index in [0.717, 1.165) is 0 Å². The molecule has 20 heavy (non-hydrogen) atoms. The fraction of sp³-hybridized carbons (Fsp3) is 0.